The SMILES string of the molecule is CCCCC1C=C[C-](CCc2ccc(O)c(OCCC3=C[C+](C(C)C)C=N3)c2)[OH+]1. The first-order chi connectivity index (χ1) is 14.0. The summed E-state index contributed by atoms with van der Waals surface area (Å²) >= 11 is 0. The number of ether oxygens (including phenoxy) is 2. The summed E-state index contributed by atoms with van der Waals surface area (Å²) in [7, 11) is 0. The molecule has 2 heterocycles. The molecule has 2 aliphatic heterocycles. The molecular weight excluding hydrogens is 362 g/mol. The molecule has 3 rings (SSSR count). The molecule has 0 aromatic heterocycles. The van der Waals surface area contributed by atoms with E-state index in [1.165, 1.54) is 24.9 Å². The highest BCUT2D eigenvalue weighted by atomic mass is 16.5. The van der Waals surface area contributed by atoms with Gasteiger partial charge in [0.15, 0.2) is 17.2 Å². The standard InChI is InChI=1S/C25H33NO3/c1-4-5-6-22-10-11-23(29-22)9-7-19-8-12-24(27)25(15-19)28-14-13-21-16-20(17-26-21)18(2)3/h8,10-12,15-18,22,29H,4-7,9,13-14H2,1-3H3/p+1. The predicted molar refractivity (Wildman–Crippen MR) is 119 cm³/mol. The summed E-state index contributed by atoms with van der Waals surface area (Å²) in [4.78, 5) is 4.44. The maximum Gasteiger partial charge on any atom is 0.178 e. The zero-order valence-corrected chi connectivity index (χ0v) is 17.9. The molecule has 156 valence electrons. The average Bonchev–Trinajstić information content (AvgIpc) is 3.36. The lowest BCUT2D eigenvalue weighted by atomic mass is 9.97. The molecule has 0 saturated heterocycles. The first kappa shape index (κ1) is 21.4. The highest BCUT2D eigenvalue weighted by Gasteiger charge is 2.24. The fourth-order valence-corrected chi connectivity index (χ4v) is 3.49. The van der Waals surface area contributed by atoms with Crippen molar-refractivity contribution >= 4 is 6.21 Å². The van der Waals surface area contributed by atoms with Crippen molar-refractivity contribution in [2.75, 3.05) is 6.61 Å². The number of aryl methyl sites for hydroxylation is 1. The van der Waals surface area contributed by atoms with Crippen LogP contribution in [0.4, 0.5) is 0 Å². The highest BCUT2D eigenvalue weighted by Crippen LogP contribution is 2.30. The monoisotopic (exact) mass is 396 g/mol. The van der Waals surface area contributed by atoms with E-state index in [1.54, 1.807) is 6.07 Å². The molecule has 0 saturated carbocycles. The molecule has 29 heavy (non-hydrogen) atoms. The summed E-state index contributed by atoms with van der Waals surface area (Å²) in [6.07, 6.45) is 16.1. The summed E-state index contributed by atoms with van der Waals surface area (Å²) in [6, 6.07) is 5.63. The van der Waals surface area contributed by atoms with Gasteiger partial charge in [0.05, 0.1) is 12.5 Å². The zero-order chi connectivity index (χ0) is 20.6. The third-order valence-corrected chi connectivity index (χ3v) is 5.39. The van der Waals surface area contributed by atoms with E-state index in [9.17, 15) is 5.11 Å². The highest BCUT2D eigenvalue weighted by molar-refractivity contribution is 5.82. The number of aromatic hydroxyl groups is 1. The van der Waals surface area contributed by atoms with Gasteiger partial charge in [0, 0.05) is 12.3 Å². The summed E-state index contributed by atoms with van der Waals surface area (Å²) in [6.45, 7) is 7.05. The van der Waals surface area contributed by atoms with E-state index in [1.807, 2.05) is 18.3 Å². The summed E-state index contributed by atoms with van der Waals surface area (Å²) in [5.41, 5.74) is 2.19. The Balaban J connectivity index is 1.45. The van der Waals surface area contributed by atoms with Gasteiger partial charge in [-0.25, -0.2) is 0 Å². The van der Waals surface area contributed by atoms with Crippen molar-refractivity contribution < 1.29 is 14.6 Å². The molecule has 0 amide bonds. The number of aliphatic hydroxyl groups is 2. The van der Waals surface area contributed by atoms with Gasteiger partial charge in [-0.3, -0.25) is 0 Å². The molecule has 0 spiro atoms. The van der Waals surface area contributed by atoms with E-state index in [0.717, 1.165) is 36.9 Å². The van der Waals surface area contributed by atoms with Crippen molar-refractivity contribution in [1.82, 2.24) is 0 Å². The number of benzene rings is 1. The maximum absolute atomic E-state index is 10.1. The van der Waals surface area contributed by atoms with Gasteiger partial charge in [0.25, 0.3) is 0 Å². The molecule has 4 nitrogen and oxygen atoms in total. The third-order valence-electron chi connectivity index (χ3n) is 5.39. The number of phenols is 1. The van der Waals surface area contributed by atoms with E-state index >= 15 is 0 Å². The smallest absolute Gasteiger partial charge is 0.178 e. The molecule has 2 aliphatic rings. The Labute approximate surface area is 175 Å². The van der Waals surface area contributed by atoms with E-state index in [0.29, 0.717) is 24.4 Å². The van der Waals surface area contributed by atoms with Gasteiger partial charge >= 0.3 is 0 Å². The molecule has 0 bridgehead atoms. The number of hydrogen-bond acceptors (Lipinski definition) is 3. The molecule has 0 radical (unpaired) electrons. The Hall–Kier alpha value is -2.33. The Morgan fingerprint density at radius 2 is 2.17 bits per heavy atom. The molecule has 1 unspecified atom stereocenters. The summed E-state index contributed by atoms with van der Waals surface area (Å²) in [5, 5.41) is 10.1. The second kappa shape index (κ2) is 10.4. The summed E-state index contributed by atoms with van der Waals surface area (Å²) in [5.74, 6) is 2.47. The van der Waals surface area contributed by atoms with Crippen LogP contribution in [-0.2, 0) is 6.42 Å². The van der Waals surface area contributed by atoms with Crippen LogP contribution >= 0.6 is 0 Å². The fraction of sp³-hybridized carbons (Fsp3) is 0.480. The normalized spacial score (nSPS) is 18.2. The Morgan fingerprint density at radius 3 is 2.93 bits per heavy atom. The average molecular weight is 397 g/mol. The Bertz CT molecular complexity index is 750. The first-order valence-corrected chi connectivity index (χ1v) is 10.9. The molecular formula is C25H34NO3+. The molecule has 0 fully saturated rings. The largest absolute Gasteiger partial charge is 0.504 e. The van der Waals surface area contributed by atoms with Crippen LogP contribution in [0.2, 0.25) is 0 Å². The van der Waals surface area contributed by atoms with Crippen molar-refractivity contribution in [2.24, 2.45) is 10.9 Å². The Kier molecular flexibility index (Phi) is 7.70. The molecule has 1 aromatic rings. The second-order valence-corrected chi connectivity index (χ2v) is 8.14. The lowest BCUT2D eigenvalue weighted by Gasteiger charge is -2.17. The second-order valence-electron chi connectivity index (χ2n) is 8.14. The number of aliphatic imine (C=N–C) groups is 1. The molecule has 1 atom stereocenters. The minimum absolute atomic E-state index is 0.185. The topological polar surface area (TPSA) is 54.6 Å². The van der Waals surface area contributed by atoms with Gasteiger partial charge in [-0.2, -0.15) is 0 Å². The van der Waals surface area contributed by atoms with Crippen LogP contribution in [-0.4, -0.2) is 28.8 Å². The van der Waals surface area contributed by atoms with Crippen molar-refractivity contribution in [3.63, 3.8) is 0 Å². The number of nitrogens with zero attached hydrogens (tertiary/aromatic N) is 1. The van der Waals surface area contributed by atoms with Crippen LogP contribution in [0.5, 0.6) is 11.5 Å². The van der Waals surface area contributed by atoms with Crippen molar-refractivity contribution in [2.45, 2.75) is 65.4 Å². The lowest BCUT2D eigenvalue weighted by Crippen LogP contribution is -2.12. The fourth-order valence-electron chi connectivity index (χ4n) is 3.49. The molecule has 0 aliphatic carbocycles. The predicted octanol–water partition coefficient (Wildman–Crippen LogP) is 5.48. The van der Waals surface area contributed by atoms with E-state index in [2.05, 4.69) is 44.0 Å². The van der Waals surface area contributed by atoms with E-state index in [4.69, 9.17) is 9.47 Å². The minimum atomic E-state index is 0.185. The van der Waals surface area contributed by atoms with Gasteiger partial charge in [0.1, 0.15) is 30.9 Å². The quantitative estimate of drug-likeness (QED) is 0.398. The van der Waals surface area contributed by atoms with Crippen LogP contribution in [0.25, 0.3) is 0 Å². The molecule has 2 N–H and O–H groups in total. The molecule has 1 aromatic carbocycles. The van der Waals surface area contributed by atoms with Gasteiger partial charge < -0.3 is 14.6 Å². The van der Waals surface area contributed by atoms with Crippen molar-refractivity contribution in [3.8, 4) is 11.5 Å². The van der Waals surface area contributed by atoms with E-state index < -0.39 is 0 Å². The van der Waals surface area contributed by atoms with Crippen LogP contribution in [0.15, 0.2) is 47.1 Å². The van der Waals surface area contributed by atoms with Gasteiger partial charge in [-0.05, 0) is 50.8 Å². The first-order valence-electron chi connectivity index (χ1n) is 10.9. The maximum atomic E-state index is 10.1. The van der Waals surface area contributed by atoms with Gasteiger partial charge in [0.2, 0.25) is 0 Å². The summed E-state index contributed by atoms with van der Waals surface area (Å²) < 4.78 is 10.6. The molecule has 4 heteroatoms. The minimum Gasteiger partial charge on any atom is -0.504 e. The number of rotatable bonds is 11. The number of allylic oxidation sites excluding steroid dienone is 1. The van der Waals surface area contributed by atoms with Gasteiger partial charge in [-0.15, -0.1) is 17.1 Å². The Morgan fingerprint density at radius 1 is 1.31 bits per heavy atom. The number of phenolic OH excluding ortho intramolecular Hbond substituents is 1. The van der Waals surface area contributed by atoms with Crippen LogP contribution in [0.3, 0.4) is 0 Å². The van der Waals surface area contributed by atoms with Crippen LogP contribution in [0, 0.1) is 17.9 Å². The van der Waals surface area contributed by atoms with Crippen molar-refractivity contribution in [3.05, 3.63) is 59.7 Å². The third kappa shape index (κ3) is 6.33. The van der Waals surface area contributed by atoms with Crippen molar-refractivity contribution in [1.29, 1.82) is 0 Å². The zero-order valence-electron chi connectivity index (χ0n) is 17.9. The van der Waals surface area contributed by atoms with E-state index in [-0.39, 0.29) is 5.75 Å². The number of unbranched alkanes of at least 4 members (excludes halogenated alkanes) is 1. The lowest BCUT2D eigenvalue weighted by molar-refractivity contribution is -0.0480. The number of hydrogen-bond donors (Lipinski definition) is 1. The van der Waals surface area contributed by atoms with Gasteiger partial charge in [-0.1, -0.05) is 19.4 Å². The van der Waals surface area contributed by atoms with Crippen LogP contribution < -0.4 is 4.74 Å². The van der Waals surface area contributed by atoms with Crippen LogP contribution in [0.1, 0.15) is 58.4 Å².